The van der Waals surface area contributed by atoms with Gasteiger partial charge in [-0.3, -0.25) is 4.98 Å². The van der Waals surface area contributed by atoms with Crippen LogP contribution in [0.4, 0.5) is 0 Å². The third kappa shape index (κ3) is 4.10. The zero-order valence-electron chi connectivity index (χ0n) is 21.4. The molecular weight excluding hydrogens is 675 g/mol. The molecule has 5 nitrogen and oxygen atoms in total. The Balaban J connectivity index is 0.000000250. The van der Waals surface area contributed by atoms with Gasteiger partial charge in [0.1, 0.15) is 5.69 Å². The van der Waals surface area contributed by atoms with Crippen LogP contribution >= 0.6 is 0 Å². The first-order valence-electron chi connectivity index (χ1n) is 12.7. The molecule has 0 bridgehead atoms. The predicted molar refractivity (Wildman–Crippen MR) is 156 cm³/mol. The van der Waals surface area contributed by atoms with E-state index in [0.717, 1.165) is 16.8 Å². The quantitative estimate of drug-likeness (QED) is 0.188. The number of aromatic carboxylic acids is 1. The van der Waals surface area contributed by atoms with Crippen LogP contribution in [0.1, 0.15) is 10.5 Å². The Kier molecular flexibility index (Phi) is 6.51. The molecule has 0 amide bonds. The summed E-state index contributed by atoms with van der Waals surface area (Å²) in [6.07, 6.45) is 1.45. The summed E-state index contributed by atoms with van der Waals surface area (Å²) in [4.78, 5) is 18.8. The van der Waals surface area contributed by atoms with Gasteiger partial charge in [0, 0.05) is 44.3 Å². The molecule has 7 aromatic rings. The Bertz CT molecular complexity index is 2070. The van der Waals surface area contributed by atoms with Crippen LogP contribution in [-0.4, -0.2) is 25.6 Å². The van der Waals surface area contributed by atoms with Crippen molar-refractivity contribution >= 4 is 38.7 Å². The molecule has 6 heteroatoms. The topological polar surface area (TPSA) is 68.0 Å². The Labute approximate surface area is 244 Å². The second kappa shape index (κ2) is 10.2. The molecule has 4 aromatic carbocycles. The molecule has 0 unspecified atom stereocenters. The normalized spacial score (nSPS) is 11.1. The van der Waals surface area contributed by atoms with E-state index in [4.69, 9.17) is 10.1 Å². The summed E-state index contributed by atoms with van der Waals surface area (Å²) >= 11 is 0. The molecule has 3 heterocycles. The van der Waals surface area contributed by atoms with E-state index in [-0.39, 0.29) is 25.8 Å². The second-order valence-corrected chi connectivity index (χ2v) is 9.54. The summed E-state index contributed by atoms with van der Waals surface area (Å²) in [6, 6.07) is 38.5. The largest absolute Gasteiger partial charge is 0.477 e. The number of nitrogens with zero attached hydrogens (tertiary/aromatic N) is 3. The van der Waals surface area contributed by atoms with Crippen LogP contribution in [0.5, 0.6) is 0 Å². The summed E-state index contributed by atoms with van der Waals surface area (Å²) in [5.74, 6) is -0.990. The van der Waals surface area contributed by atoms with Gasteiger partial charge in [0.05, 0.1) is 5.52 Å². The first-order valence-corrected chi connectivity index (χ1v) is 12.7. The monoisotopic (exact) mass is 697 g/mol. The third-order valence-corrected chi connectivity index (χ3v) is 7.35. The number of hydrogen-bond donors (Lipinski definition) is 1. The first kappa shape index (κ1) is 25.6. The average Bonchev–Trinajstić information content (AvgIpc) is 3.47. The standard InChI is InChI=1S/C28H17N2.C6H5NO2.Ir/c1-30-26-12-5-4-9-20(26)22-15-17(13-14-27(22)30)25-16-23-19-8-3-2-7-18(19)21-10-6-11-24(29-25)28(21)23;8-6(9)5-3-1-2-4-7-5;/h2-12,14-16H,1H3;1-4H,(H,8,9);/q-1;;. The van der Waals surface area contributed by atoms with Crippen molar-refractivity contribution < 1.29 is 30.0 Å². The summed E-state index contributed by atoms with van der Waals surface area (Å²) in [5.41, 5.74) is 10.7. The van der Waals surface area contributed by atoms with Gasteiger partial charge in [-0.1, -0.05) is 72.1 Å². The van der Waals surface area contributed by atoms with Crippen molar-refractivity contribution in [3.05, 3.63) is 121 Å². The molecule has 0 atom stereocenters. The average molecular weight is 697 g/mol. The molecule has 0 fully saturated rings. The predicted octanol–water partition coefficient (Wildman–Crippen LogP) is 7.77. The smallest absolute Gasteiger partial charge is 0.354 e. The molecule has 0 saturated heterocycles. The molecule has 0 aliphatic heterocycles. The number of pyridine rings is 2. The van der Waals surface area contributed by atoms with Crippen LogP contribution < -0.4 is 0 Å². The minimum atomic E-state index is -0.990. The van der Waals surface area contributed by atoms with E-state index < -0.39 is 5.97 Å². The minimum Gasteiger partial charge on any atom is -0.477 e. The van der Waals surface area contributed by atoms with Gasteiger partial charge in [0.25, 0.3) is 0 Å². The summed E-state index contributed by atoms with van der Waals surface area (Å²) < 4.78 is 2.24. The molecule has 1 aliphatic carbocycles. The van der Waals surface area contributed by atoms with E-state index >= 15 is 0 Å². The molecule has 195 valence electrons. The minimum absolute atomic E-state index is 0. The molecule has 0 saturated carbocycles. The first-order chi connectivity index (χ1) is 19.1. The third-order valence-electron chi connectivity index (χ3n) is 7.35. The van der Waals surface area contributed by atoms with Crippen LogP contribution in [0.25, 0.3) is 66.2 Å². The number of para-hydroxylation sites is 1. The van der Waals surface area contributed by atoms with E-state index in [1.807, 2.05) is 0 Å². The molecule has 0 spiro atoms. The fourth-order valence-electron chi connectivity index (χ4n) is 5.55. The maximum Gasteiger partial charge on any atom is 0.354 e. The van der Waals surface area contributed by atoms with Gasteiger partial charge in [0.2, 0.25) is 0 Å². The van der Waals surface area contributed by atoms with Crippen molar-refractivity contribution in [3.63, 3.8) is 0 Å². The number of carboxylic acid groups (broad SMARTS) is 1. The molecule has 3 aromatic heterocycles. The number of fused-ring (bicyclic) bond motifs is 6. The molecule has 1 aliphatic rings. The number of aromatic nitrogens is 3. The second-order valence-electron chi connectivity index (χ2n) is 9.54. The van der Waals surface area contributed by atoms with Gasteiger partial charge in [-0.2, -0.15) is 0 Å². The maximum absolute atomic E-state index is 10.1. The van der Waals surface area contributed by atoms with Gasteiger partial charge in [-0.15, -0.1) is 23.8 Å². The van der Waals surface area contributed by atoms with Crippen LogP contribution in [0, 0.1) is 6.07 Å². The van der Waals surface area contributed by atoms with E-state index in [0.29, 0.717) is 0 Å². The molecular formula is C34H22IrN3O2-. The van der Waals surface area contributed by atoms with Gasteiger partial charge in [0.15, 0.2) is 0 Å². The Morgan fingerprint density at radius 1 is 0.775 bits per heavy atom. The zero-order chi connectivity index (χ0) is 26.5. The van der Waals surface area contributed by atoms with Crippen LogP contribution in [-0.2, 0) is 27.2 Å². The Morgan fingerprint density at radius 3 is 2.25 bits per heavy atom. The Hall–Kier alpha value is -4.64. The summed E-state index contributed by atoms with van der Waals surface area (Å²) in [7, 11) is 2.12. The maximum atomic E-state index is 10.1. The number of carboxylic acids is 1. The SMILES string of the molecule is Cn1c2c[c-]c(-c3cc4c5c(cccc5n3)-c3ccccc3-4)cc2c2ccccc21.O=C(O)c1ccccn1.[Ir]. The molecule has 1 radical (unpaired) electrons. The van der Waals surface area contributed by atoms with Crippen molar-refractivity contribution in [2.75, 3.05) is 0 Å². The van der Waals surface area contributed by atoms with Crippen LogP contribution in [0.3, 0.4) is 0 Å². The van der Waals surface area contributed by atoms with E-state index in [1.54, 1.807) is 12.1 Å². The van der Waals surface area contributed by atoms with E-state index in [1.165, 1.54) is 61.7 Å². The summed E-state index contributed by atoms with van der Waals surface area (Å²) in [5, 5.41) is 12.1. The fraction of sp³-hybridized carbons (Fsp3) is 0.0294. The van der Waals surface area contributed by atoms with Crippen molar-refractivity contribution in [1.82, 2.24) is 14.5 Å². The zero-order valence-corrected chi connectivity index (χ0v) is 23.8. The number of hydrogen-bond acceptors (Lipinski definition) is 3. The van der Waals surface area contributed by atoms with Gasteiger partial charge < -0.3 is 9.67 Å². The van der Waals surface area contributed by atoms with Crippen molar-refractivity contribution in [2.45, 2.75) is 0 Å². The molecule has 8 rings (SSSR count). The molecule has 1 N–H and O–H groups in total. The van der Waals surface area contributed by atoms with Crippen LogP contribution in [0.2, 0.25) is 0 Å². The Morgan fingerprint density at radius 2 is 1.50 bits per heavy atom. The van der Waals surface area contributed by atoms with Gasteiger partial charge in [-0.05, 0) is 63.1 Å². The van der Waals surface area contributed by atoms with Gasteiger partial charge >= 0.3 is 5.97 Å². The fourth-order valence-corrected chi connectivity index (χ4v) is 5.55. The van der Waals surface area contributed by atoms with Crippen molar-refractivity contribution in [3.8, 4) is 33.5 Å². The van der Waals surface area contributed by atoms with Crippen LogP contribution in [0.15, 0.2) is 109 Å². The number of aryl methyl sites for hydroxylation is 1. The van der Waals surface area contributed by atoms with E-state index in [2.05, 4.69) is 108 Å². The van der Waals surface area contributed by atoms with Gasteiger partial charge in [-0.25, -0.2) is 9.78 Å². The number of carbonyl (C=O) groups is 1. The number of rotatable bonds is 2. The molecule has 40 heavy (non-hydrogen) atoms. The van der Waals surface area contributed by atoms with Crippen molar-refractivity contribution in [2.24, 2.45) is 7.05 Å². The van der Waals surface area contributed by atoms with Crippen molar-refractivity contribution in [1.29, 1.82) is 0 Å². The summed E-state index contributed by atoms with van der Waals surface area (Å²) in [6.45, 7) is 0. The van der Waals surface area contributed by atoms with E-state index in [9.17, 15) is 4.79 Å². The number of benzene rings is 4.